The van der Waals surface area contributed by atoms with Crippen LogP contribution >= 0.6 is 28.1 Å². The van der Waals surface area contributed by atoms with Crippen molar-refractivity contribution >= 4 is 56.4 Å². The normalized spacial score (nSPS) is 13.2. The maximum atomic E-state index is 12.9. The summed E-state index contributed by atoms with van der Waals surface area (Å²) < 4.78 is 6.19. The second-order valence-electron chi connectivity index (χ2n) is 9.09. The van der Waals surface area contributed by atoms with Gasteiger partial charge in [0.25, 0.3) is 11.8 Å². The van der Waals surface area contributed by atoms with Gasteiger partial charge in [-0.05, 0) is 85.2 Å². The number of piperazine rings is 1. The predicted octanol–water partition coefficient (Wildman–Crippen LogP) is 5.42. The zero-order valence-corrected chi connectivity index (χ0v) is 24.1. The lowest BCUT2D eigenvalue weighted by Crippen LogP contribution is -2.48. The second-order valence-corrected chi connectivity index (χ2v) is 10.4. The van der Waals surface area contributed by atoms with Crippen molar-refractivity contribution in [2.24, 2.45) is 0 Å². The minimum atomic E-state index is -0.353. The van der Waals surface area contributed by atoms with Gasteiger partial charge in [0, 0.05) is 47.6 Å². The Hall–Kier alpha value is -3.43. The quantitative estimate of drug-likeness (QED) is 0.371. The Morgan fingerprint density at radius 2 is 1.66 bits per heavy atom. The summed E-state index contributed by atoms with van der Waals surface area (Å²) in [4.78, 5) is 29.9. The van der Waals surface area contributed by atoms with Crippen LogP contribution in [-0.4, -0.2) is 55.1 Å². The van der Waals surface area contributed by atoms with Gasteiger partial charge in [0.2, 0.25) is 0 Å². The number of anilines is 2. The molecule has 1 heterocycles. The number of rotatable bonds is 6. The Balaban J connectivity index is 1.30. The first kappa shape index (κ1) is 27.6. The van der Waals surface area contributed by atoms with Gasteiger partial charge in [0.1, 0.15) is 5.75 Å². The molecule has 3 aromatic carbocycles. The molecule has 0 aliphatic carbocycles. The van der Waals surface area contributed by atoms with E-state index in [0.29, 0.717) is 24.4 Å². The molecule has 0 unspecified atom stereocenters. The SMILES string of the molecule is CCc1ccc(C(=O)N2CCN(c3ccc(NC(=S)NC(=O)c4cc(Br)cc(C)c4OC)cc3)CC2)cc1. The molecule has 0 spiro atoms. The van der Waals surface area contributed by atoms with Crippen molar-refractivity contribution < 1.29 is 14.3 Å². The van der Waals surface area contributed by atoms with E-state index in [2.05, 4.69) is 38.4 Å². The topological polar surface area (TPSA) is 73.9 Å². The Kier molecular flexibility index (Phi) is 9.01. The van der Waals surface area contributed by atoms with E-state index in [4.69, 9.17) is 17.0 Å². The van der Waals surface area contributed by atoms with Gasteiger partial charge in [-0.25, -0.2) is 0 Å². The van der Waals surface area contributed by atoms with E-state index in [1.165, 1.54) is 12.7 Å². The van der Waals surface area contributed by atoms with Gasteiger partial charge >= 0.3 is 0 Å². The average Bonchev–Trinajstić information content (AvgIpc) is 2.92. The molecule has 3 aromatic rings. The van der Waals surface area contributed by atoms with E-state index < -0.39 is 0 Å². The number of ether oxygens (including phenoxy) is 1. The zero-order chi connectivity index (χ0) is 27.2. The Labute approximate surface area is 237 Å². The number of hydrogen-bond acceptors (Lipinski definition) is 5. The van der Waals surface area contributed by atoms with Crippen molar-refractivity contribution in [2.45, 2.75) is 20.3 Å². The van der Waals surface area contributed by atoms with Gasteiger partial charge in [-0.2, -0.15) is 0 Å². The second kappa shape index (κ2) is 12.4. The number of methoxy groups -OCH3 is 1. The minimum Gasteiger partial charge on any atom is -0.496 e. The first-order valence-corrected chi connectivity index (χ1v) is 13.7. The maximum Gasteiger partial charge on any atom is 0.261 e. The van der Waals surface area contributed by atoms with Gasteiger partial charge in [0.15, 0.2) is 5.11 Å². The summed E-state index contributed by atoms with van der Waals surface area (Å²) in [5, 5.41) is 5.98. The molecule has 1 saturated heterocycles. The Morgan fingerprint density at radius 1 is 1.00 bits per heavy atom. The fraction of sp³-hybridized carbons (Fsp3) is 0.276. The Bertz CT molecular complexity index is 1320. The molecule has 0 radical (unpaired) electrons. The summed E-state index contributed by atoms with van der Waals surface area (Å²) >= 11 is 8.79. The summed E-state index contributed by atoms with van der Waals surface area (Å²) in [7, 11) is 1.54. The van der Waals surface area contributed by atoms with Crippen molar-refractivity contribution in [1.29, 1.82) is 0 Å². The van der Waals surface area contributed by atoms with Crippen LogP contribution < -0.4 is 20.3 Å². The predicted molar refractivity (Wildman–Crippen MR) is 159 cm³/mol. The minimum absolute atomic E-state index is 0.0815. The number of amides is 2. The summed E-state index contributed by atoms with van der Waals surface area (Å²) in [5.74, 6) is 0.237. The van der Waals surface area contributed by atoms with Gasteiger partial charge in [-0.1, -0.05) is 35.0 Å². The zero-order valence-electron chi connectivity index (χ0n) is 21.7. The lowest BCUT2D eigenvalue weighted by molar-refractivity contribution is 0.0746. The van der Waals surface area contributed by atoms with Crippen LogP contribution in [0.5, 0.6) is 5.75 Å². The standard InChI is InChI=1S/C29H31BrN4O3S/c1-4-20-5-7-21(8-6-20)28(36)34-15-13-33(14-16-34)24-11-9-23(10-12-24)31-29(38)32-27(35)25-18-22(30)17-19(2)26(25)37-3/h5-12,17-18H,4,13-16H2,1-3H3,(H2,31,32,35,38). The summed E-state index contributed by atoms with van der Waals surface area (Å²) in [5.41, 5.74) is 5.04. The van der Waals surface area contributed by atoms with Crippen LogP contribution in [0, 0.1) is 6.92 Å². The van der Waals surface area contributed by atoms with E-state index in [0.717, 1.165) is 46.5 Å². The third-order valence-electron chi connectivity index (χ3n) is 6.58. The number of thiocarbonyl (C=S) groups is 1. The molecule has 198 valence electrons. The molecular weight excluding hydrogens is 564 g/mol. The molecule has 1 aliphatic heterocycles. The third kappa shape index (κ3) is 6.52. The summed E-state index contributed by atoms with van der Waals surface area (Å²) in [6.45, 7) is 6.84. The fourth-order valence-electron chi connectivity index (χ4n) is 4.49. The number of benzene rings is 3. The highest BCUT2D eigenvalue weighted by Gasteiger charge is 2.22. The fourth-order valence-corrected chi connectivity index (χ4v) is 5.27. The van der Waals surface area contributed by atoms with Crippen LogP contribution in [0.2, 0.25) is 0 Å². The lowest BCUT2D eigenvalue weighted by atomic mass is 10.1. The number of nitrogens with zero attached hydrogens (tertiary/aromatic N) is 2. The molecule has 7 nitrogen and oxygen atoms in total. The Morgan fingerprint density at radius 3 is 2.26 bits per heavy atom. The van der Waals surface area contributed by atoms with Crippen molar-refractivity contribution in [3.8, 4) is 5.75 Å². The molecule has 0 saturated carbocycles. The van der Waals surface area contributed by atoms with Gasteiger partial charge in [-0.15, -0.1) is 0 Å². The lowest BCUT2D eigenvalue weighted by Gasteiger charge is -2.36. The van der Waals surface area contributed by atoms with Crippen LogP contribution in [0.15, 0.2) is 65.1 Å². The van der Waals surface area contributed by atoms with Crippen LogP contribution in [0.3, 0.4) is 0 Å². The van der Waals surface area contributed by atoms with Crippen LogP contribution in [0.25, 0.3) is 0 Å². The molecule has 0 aromatic heterocycles. The maximum absolute atomic E-state index is 12.9. The summed E-state index contributed by atoms with van der Waals surface area (Å²) in [6, 6.07) is 19.3. The van der Waals surface area contributed by atoms with Crippen molar-refractivity contribution in [1.82, 2.24) is 10.2 Å². The molecule has 1 aliphatic rings. The van der Waals surface area contributed by atoms with E-state index in [1.54, 1.807) is 6.07 Å². The van der Waals surface area contributed by atoms with E-state index in [1.807, 2.05) is 66.4 Å². The van der Waals surface area contributed by atoms with Gasteiger partial charge in [-0.3, -0.25) is 14.9 Å². The van der Waals surface area contributed by atoms with Gasteiger partial charge < -0.3 is 19.9 Å². The van der Waals surface area contributed by atoms with Crippen molar-refractivity contribution in [3.63, 3.8) is 0 Å². The first-order chi connectivity index (χ1) is 18.3. The molecular formula is C29H31BrN4O3S. The number of hydrogen-bond donors (Lipinski definition) is 2. The van der Waals surface area contributed by atoms with E-state index in [9.17, 15) is 9.59 Å². The number of carbonyl (C=O) groups is 2. The molecule has 2 N–H and O–H groups in total. The number of carbonyl (C=O) groups excluding carboxylic acids is 2. The highest BCUT2D eigenvalue weighted by Crippen LogP contribution is 2.28. The summed E-state index contributed by atoms with van der Waals surface area (Å²) in [6.07, 6.45) is 0.961. The molecule has 0 bridgehead atoms. The van der Waals surface area contributed by atoms with Crippen molar-refractivity contribution in [3.05, 3.63) is 87.4 Å². The number of aryl methyl sites for hydroxylation is 2. The van der Waals surface area contributed by atoms with Crippen LogP contribution in [-0.2, 0) is 6.42 Å². The molecule has 2 amide bonds. The molecule has 38 heavy (non-hydrogen) atoms. The van der Waals surface area contributed by atoms with Crippen molar-refractivity contribution in [2.75, 3.05) is 43.5 Å². The van der Waals surface area contributed by atoms with Gasteiger partial charge in [0.05, 0.1) is 12.7 Å². The smallest absolute Gasteiger partial charge is 0.261 e. The monoisotopic (exact) mass is 594 g/mol. The van der Waals surface area contributed by atoms with E-state index >= 15 is 0 Å². The van der Waals surface area contributed by atoms with E-state index in [-0.39, 0.29) is 16.9 Å². The first-order valence-electron chi connectivity index (χ1n) is 12.5. The number of halogens is 1. The average molecular weight is 596 g/mol. The highest BCUT2D eigenvalue weighted by atomic mass is 79.9. The molecule has 4 rings (SSSR count). The number of nitrogens with one attached hydrogen (secondary N) is 2. The highest BCUT2D eigenvalue weighted by molar-refractivity contribution is 9.10. The van der Waals surface area contributed by atoms with Crippen LogP contribution in [0.1, 0.15) is 38.8 Å². The molecule has 9 heteroatoms. The van der Waals surface area contributed by atoms with Crippen LogP contribution in [0.4, 0.5) is 11.4 Å². The third-order valence-corrected chi connectivity index (χ3v) is 7.24. The molecule has 1 fully saturated rings. The molecule has 0 atom stereocenters. The largest absolute Gasteiger partial charge is 0.496 e.